The molecule has 2 aromatic carbocycles. The number of halogens is 1. The highest BCUT2D eigenvalue weighted by atomic mass is 35.5. The van der Waals surface area contributed by atoms with Crippen molar-refractivity contribution in [2.24, 2.45) is 5.92 Å². The van der Waals surface area contributed by atoms with Crippen LogP contribution in [-0.2, 0) is 0 Å². The minimum atomic E-state index is 0. The van der Waals surface area contributed by atoms with Crippen molar-refractivity contribution >= 4 is 12.4 Å². The van der Waals surface area contributed by atoms with Crippen molar-refractivity contribution in [1.29, 1.82) is 0 Å². The van der Waals surface area contributed by atoms with Gasteiger partial charge in [0.15, 0.2) is 0 Å². The largest absolute Gasteiger partial charge is 0.493 e. The van der Waals surface area contributed by atoms with Crippen LogP contribution in [-0.4, -0.2) is 19.7 Å². The molecular formula is C19H24ClNO. The lowest BCUT2D eigenvalue weighted by molar-refractivity contribution is 0.252. The van der Waals surface area contributed by atoms with Gasteiger partial charge >= 0.3 is 0 Å². The minimum absolute atomic E-state index is 0. The van der Waals surface area contributed by atoms with E-state index in [1.807, 2.05) is 12.1 Å². The maximum absolute atomic E-state index is 6.07. The van der Waals surface area contributed by atoms with E-state index in [0.29, 0.717) is 0 Å². The Kier molecular flexibility index (Phi) is 6.75. The first-order chi connectivity index (χ1) is 10.4. The predicted molar refractivity (Wildman–Crippen MR) is 94.8 cm³/mol. The van der Waals surface area contributed by atoms with Gasteiger partial charge in [0.1, 0.15) is 5.75 Å². The first-order valence-electron chi connectivity index (χ1n) is 7.91. The van der Waals surface area contributed by atoms with Crippen LogP contribution in [0.2, 0.25) is 0 Å². The van der Waals surface area contributed by atoms with Gasteiger partial charge in [-0.25, -0.2) is 0 Å². The zero-order chi connectivity index (χ0) is 14.3. The standard InChI is InChI=1S/C19H23NO.ClH/c1-2-6-17(7-3-1)18-8-4-5-9-19(18)21-15-12-16-10-13-20-14-11-16;/h1-9,16,20H,10-15H2;1H. The lowest BCUT2D eigenvalue weighted by Gasteiger charge is -2.22. The predicted octanol–water partition coefficient (Wildman–Crippen LogP) is 4.54. The summed E-state index contributed by atoms with van der Waals surface area (Å²) in [6.45, 7) is 3.13. The van der Waals surface area contributed by atoms with Crippen LogP contribution < -0.4 is 10.1 Å². The van der Waals surface area contributed by atoms with E-state index in [9.17, 15) is 0 Å². The molecule has 0 amide bonds. The van der Waals surface area contributed by atoms with Crippen LogP contribution >= 0.6 is 12.4 Å². The van der Waals surface area contributed by atoms with Gasteiger partial charge < -0.3 is 10.1 Å². The summed E-state index contributed by atoms with van der Waals surface area (Å²) in [5.74, 6) is 1.81. The molecule has 0 spiro atoms. The second kappa shape index (κ2) is 8.82. The summed E-state index contributed by atoms with van der Waals surface area (Å²) < 4.78 is 6.07. The van der Waals surface area contributed by atoms with Crippen LogP contribution in [0, 0.1) is 5.92 Å². The SMILES string of the molecule is Cl.c1ccc(-c2ccccc2OCCC2CCNCC2)cc1. The van der Waals surface area contributed by atoms with Gasteiger partial charge in [0.2, 0.25) is 0 Å². The molecule has 2 aromatic rings. The molecule has 1 saturated heterocycles. The zero-order valence-electron chi connectivity index (χ0n) is 12.8. The van der Waals surface area contributed by atoms with E-state index in [4.69, 9.17) is 4.74 Å². The molecule has 3 heteroatoms. The average Bonchev–Trinajstić information content (AvgIpc) is 2.57. The molecule has 0 aliphatic carbocycles. The molecule has 118 valence electrons. The average molecular weight is 318 g/mol. The molecule has 2 nitrogen and oxygen atoms in total. The van der Waals surface area contributed by atoms with Gasteiger partial charge in [-0.3, -0.25) is 0 Å². The fourth-order valence-corrected chi connectivity index (χ4v) is 2.95. The van der Waals surface area contributed by atoms with Crippen molar-refractivity contribution in [1.82, 2.24) is 5.32 Å². The Hall–Kier alpha value is -1.51. The van der Waals surface area contributed by atoms with E-state index >= 15 is 0 Å². The number of piperidine rings is 1. The van der Waals surface area contributed by atoms with Crippen LogP contribution in [0.15, 0.2) is 54.6 Å². The zero-order valence-corrected chi connectivity index (χ0v) is 13.6. The van der Waals surface area contributed by atoms with Crippen molar-refractivity contribution in [2.75, 3.05) is 19.7 Å². The number of rotatable bonds is 5. The van der Waals surface area contributed by atoms with Gasteiger partial charge in [0.05, 0.1) is 6.61 Å². The van der Waals surface area contributed by atoms with E-state index in [1.165, 1.54) is 24.0 Å². The smallest absolute Gasteiger partial charge is 0.127 e. The summed E-state index contributed by atoms with van der Waals surface area (Å²) in [6, 6.07) is 18.8. The lowest BCUT2D eigenvalue weighted by atomic mass is 9.95. The highest BCUT2D eigenvalue weighted by Gasteiger charge is 2.13. The van der Waals surface area contributed by atoms with Gasteiger partial charge in [-0.2, -0.15) is 0 Å². The molecule has 1 heterocycles. The second-order valence-corrected chi connectivity index (χ2v) is 5.69. The van der Waals surface area contributed by atoms with Crippen LogP contribution in [0.4, 0.5) is 0 Å². The Morgan fingerprint density at radius 3 is 2.36 bits per heavy atom. The molecule has 0 radical (unpaired) electrons. The maximum atomic E-state index is 6.07. The molecule has 0 saturated carbocycles. The van der Waals surface area contributed by atoms with Crippen molar-refractivity contribution in [3.05, 3.63) is 54.6 Å². The Labute approximate surface area is 139 Å². The summed E-state index contributed by atoms with van der Waals surface area (Å²) in [7, 11) is 0. The molecule has 0 aromatic heterocycles. The first kappa shape index (κ1) is 16.9. The highest BCUT2D eigenvalue weighted by Crippen LogP contribution is 2.30. The summed E-state index contributed by atoms with van der Waals surface area (Å²) in [5.41, 5.74) is 2.40. The van der Waals surface area contributed by atoms with Gasteiger partial charge in [-0.15, -0.1) is 12.4 Å². The highest BCUT2D eigenvalue weighted by molar-refractivity contribution is 5.85. The van der Waals surface area contributed by atoms with Gasteiger partial charge in [-0.1, -0.05) is 48.5 Å². The number of hydrogen-bond donors (Lipinski definition) is 1. The van der Waals surface area contributed by atoms with Crippen LogP contribution in [0.1, 0.15) is 19.3 Å². The molecule has 0 unspecified atom stereocenters. The lowest BCUT2D eigenvalue weighted by Crippen LogP contribution is -2.28. The van der Waals surface area contributed by atoms with Crippen molar-refractivity contribution < 1.29 is 4.74 Å². The molecule has 0 atom stereocenters. The molecule has 1 fully saturated rings. The molecule has 0 bridgehead atoms. The number of para-hydroxylation sites is 1. The Morgan fingerprint density at radius 1 is 0.909 bits per heavy atom. The quantitative estimate of drug-likeness (QED) is 0.874. The molecule has 1 aliphatic heterocycles. The third-order valence-electron chi connectivity index (χ3n) is 4.21. The summed E-state index contributed by atoms with van der Waals surface area (Å²) in [4.78, 5) is 0. The van der Waals surface area contributed by atoms with Gasteiger partial charge in [0.25, 0.3) is 0 Å². The summed E-state index contributed by atoms with van der Waals surface area (Å²) in [5, 5.41) is 3.41. The molecular weight excluding hydrogens is 294 g/mol. The van der Waals surface area contributed by atoms with E-state index in [1.54, 1.807) is 0 Å². The molecule has 3 rings (SSSR count). The molecule has 1 N–H and O–H groups in total. The van der Waals surface area contributed by atoms with E-state index in [0.717, 1.165) is 37.8 Å². The fraction of sp³-hybridized carbons (Fsp3) is 0.368. The van der Waals surface area contributed by atoms with E-state index < -0.39 is 0 Å². The third kappa shape index (κ3) is 4.49. The third-order valence-corrected chi connectivity index (χ3v) is 4.21. The molecule has 22 heavy (non-hydrogen) atoms. The Bertz CT molecular complexity index is 552. The Balaban J connectivity index is 0.00000176. The monoisotopic (exact) mass is 317 g/mol. The van der Waals surface area contributed by atoms with Crippen molar-refractivity contribution in [2.45, 2.75) is 19.3 Å². The van der Waals surface area contributed by atoms with Crippen molar-refractivity contribution in [3.63, 3.8) is 0 Å². The summed E-state index contributed by atoms with van der Waals surface area (Å²) >= 11 is 0. The minimum Gasteiger partial charge on any atom is -0.493 e. The maximum Gasteiger partial charge on any atom is 0.127 e. The van der Waals surface area contributed by atoms with Gasteiger partial charge in [0, 0.05) is 5.56 Å². The van der Waals surface area contributed by atoms with E-state index in [2.05, 4.69) is 47.8 Å². The Morgan fingerprint density at radius 2 is 1.59 bits per heavy atom. The number of hydrogen-bond acceptors (Lipinski definition) is 2. The summed E-state index contributed by atoms with van der Waals surface area (Å²) in [6.07, 6.45) is 3.72. The van der Waals surface area contributed by atoms with Crippen molar-refractivity contribution in [3.8, 4) is 16.9 Å². The number of benzene rings is 2. The van der Waals surface area contributed by atoms with E-state index in [-0.39, 0.29) is 12.4 Å². The van der Waals surface area contributed by atoms with Crippen LogP contribution in [0.5, 0.6) is 5.75 Å². The number of nitrogens with one attached hydrogen (secondary N) is 1. The van der Waals surface area contributed by atoms with Gasteiger partial charge in [-0.05, 0) is 49.9 Å². The normalized spacial score (nSPS) is 15.1. The van der Waals surface area contributed by atoms with Crippen LogP contribution in [0.3, 0.4) is 0 Å². The first-order valence-corrected chi connectivity index (χ1v) is 7.91. The number of ether oxygens (including phenoxy) is 1. The van der Waals surface area contributed by atoms with Crippen LogP contribution in [0.25, 0.3) is 11.1 Å². The molecule has 1 aliphatic rings. The fourth-order valence-electron chi connectivity index (χ4n) is 2.95. The topological polar surface area (TPSA) is 21.3 Å². The second-order valence-electron chi connectivity index (χ2n) is 5.69.